The first kappa shape index (κ1) is 25.2. The maximum atomic E-state index is 12.9. The molecule has 0 bridgehead atoms. The van der Waals surface area contributed by atoms with E-state index in [1.165, 1.54) is 0 Å². The number of aromatic nitrogens is 3. The molecule has 0 radical (unpaired) electrons. The molecule has 1 aromatic heterocycles. The summed E-state index contributed by atoms with van der Waals surface area (Å²) < 4.78 is 7.74. The molecule has 1 amide bonds. The van der Waals surface area contributed by atoms with E-state index in [0.717, 1.165) is 89.2 Å². The van der Waals surface area contributed by atoms with Gasteiger partial charge < -0.3 is 24.4 Å². The third-order valence-electron chi connectivity index (χ3n) is 6.76. The van der Waals surface area contributed by atoms with Gasteiger partial charge in [0.25, 0.3) is 0 Å². The summed E-state index contributed by atoms with van der Waals surface area (Å²) in [6, 6.07) is 0.0523. The summed E-state index contributed by atoms with van der Waals surface area (Å²) >= 11 is 0. The van der Waals surface area contributed by atoms with Gasteiger partial charge in [-0.05, 0) is 46.2 Å². The van der Waals surface area contributed by atoms with Gasteiger partial charge in [-0.1, -0.05) is 0 Å². The minimum Gasteiger partial charge on any atom is -0.376 e. The molecule has 0 saturated carbocycles. The van der Waals surface area contributed by atoms with Crippen molar-refractivity contribution in [1.82, 2.24) is 34.8 Å². The fourth-order valence-electron chi connectivity index (χ4n) is 4.58. The van der Waals surface area contributed by atoms with E-state index in [4.69, 9.17) is 9.73 Å². The second-order valence-corrected chi connectivity index (χ2v) is 8.83. The van der Waals surface area contributed by atoms with Gasteiger partial charge in [0.05, 0.1) is 12.1 Å². The van der Waals surface area contributed by atoms with Crippen molar-refractivity contribution in [2.45, 2.75) is 51.3 Å². The van der Waals surface area contributed by atoms with Crippen molar-refractivity contribution >= 4 is 35.8 Å². The maximum Gasteiger partial charge on any atom is 0.240 e. The summed E-state index contributed by atoms with van der Waals surface area (Å²) in [4.78, 5) is 24.2. The van der Waals surface area contributed by atoms with E-state index in [0.29, 0.717) is 6.54 Å². The molecule has 3 aliphatic rings. The van der Waals surface area contributed by atoms with Crippen molar-refractivity contribution in [3.05, 3.63) is 11.6 Å². The van der Waals surface area contributed by atoms with Gasteiger partial charge in [-0.3, -0.25) is 9.69 Å². The number of likely N-dealkylation sites (N-methyl/N-ethyl adjacent to an activating group) is 1. The number of rotatable bonds is 5. The Hall–Kier alpha value is -1.47. The minimum absolute atomic E-state index is 0. The standard InChI is InChI=1S/C21H36N8O2.HI/c1-16-24-25-19(27(16)3)15-23-21(22-14-17-6-5-13-31-17)29-11-9-28(10-12-29)20(30)18-7-4-8-26(18)2;/h17-18H,4-15H2,1-3H3,(H,22,23);1H. The van der Waals surface area contributed by atoms with E-state index in [1.807, 2.05) is 23.4 Å². The topological polar surface area (TPSA) is 91.1 Å². The Morgan fingerprint density at radius 2 is 1.84 bits per heavy atom. The first-order chi connectivity index (χ1) is 15.0. The van der Waals surface area contributed by atoms with Gasteiger partial charge in [-0.2, -0.15) is 0 Å². The zero-order valence-corrected chi connectivity index (χ0v) is 21.8. The Morgan fingerprint density at radius 1 is 1.09 bits per heavy atom. The number of carbonyl (C=O) groups excluding carboxylic acids is 1. The van der Waals surface area contributed by atoms with Crippen molar-refractivity contribution in [1.29, 1.82) is 0 Å². The number of hydrogen-bond acceptors (Lipinski definition) is 6. The molecule has 180 valence electrons. The third-order valence-corrected chi connectivity index (χ3v) is 6.76. The van der Waals surface area contributed by atoms with Crippen LogP contribution in [0, 0.1) is 6.92 Å². The molecule has 0 aliphatic carbocycles. The van der Waals surface area contributed by atoms with Crippen molar-refractivity contribution in [2.75, 3.05) is 52.9 Å². The second-order valence-electron chi connectivity index (χ2n) is 8.83. The Morgan fingerprint density at radius 3 is 2.44 bits per heavy atom. The van der Waals surface area contributed by atoms with Gasteiger partial charge in [0.1, 0.15) is 12.4 Å². The lowest BCUT2D eigenvalue weighted by molar-refractivity contribution is -0.136. The average Bonchev–Trinajstić information content (AvgIpc) is 3.52. The molecule has 0 aromatic carbocycles. The number of amides is 1. The Balaban J connectivity index is 0.00000289. The number of nitrogens with one attached hydrogen (secondary N) is 1. The van der Waals surface area contributed by atoms with Crippen LogP contribution < -0.4 is 5.32 Å². The predicted molar refractivity (Wildman–Crippen MR) is 133 cm³/mol. The van der Waals surface area contributed by atoms with E-state index in [9.17, 15) is 4.79 Å². The average molecular weight is 560 g/mol. The van der Waals surface area contributed by atoms with Crippen molar-refractivity contribution in [2.24, 2.45) is 12.0 Å². The molecule has 32 heavy (non-hydrogen) atoms. The summed E-state index contributed by atoms with van der Waals surface area (Å²) in [6.07, 6.45) is 4.52. The zero-order valence-electron chi connectivity index (χ0n) is 19.5. The predicted octanol–water partition coefficient (Wildman–Crippen LogP) is 0.605. The zero-order chi connectivity index (χ0) is 21.8. The van der Waals surface area contributed by atoms with Crippen LogP contribution in [0.1, 0.15) is 37.3 Å². The number of guanidine groups is 1. The van der Waals surface area contributed by atoms with Gasteiger partial charge in [0.2, 0.25) is 5.91 Å². The monoisotopic (exact) mass is 560 g/mol. The van der Waals surface area contributed by atoms with Gasteiger partial charge in [-0.25, -0.2) is 4.99 Å². The van der Waals surface area contributed by atoms with Crippen molar-refractivity contribution in [3.63, 3.8) is 0 Å². The number of ether oxygens (including phenoxy) is 1. The van der Waals surface area contributed by atoms with E-state index >= 15 is 0 Å². The fourth-order valence-corrected chi connectivity index (χ4v) is 4.58. The lowest BCUT2D eigenvalue weighted by Crippen LogP contribution is -2.56. The molecule has 10 nitrogen and oxygen atoms in total. The summed E-state index contributed by atoms with van der Waals surface area (Å²) in [7, 11) is 4.02. The molecular formula is C21H37IN8O2. The lowest BCUT2D eigenvalue weighted by Gasteiger charge is -2.38. The molecular weight excluding hydrogens is 523 g/mol. The largest absolute Gasteiger partial charge is 0.376 e. The van der Waals surface area contributed by atoms with Crippen LogP contribution in [0.4, 0.5) is 0 Å². The Labute approximate surface area is 207 Å². The number of aryl methyl sites for hydroxylation is 1. The van der Waals surface area contributed by atoms with Crippen molar-refractivity contribution in [3.8, 4) is 0 Å². The van der Waals surface area contributed by atoms with E-state index in [2.05, 4.69) is 32.4 Å². The van der Waals surface area contributed by atoms with Crippen LogP contribution >= 0.6 is 24.0 Å². The smallest absolute Gasteiger partial charge is 0.240 e. The fraction of sp³-hybridized carbons (Fsp3) is 0.810. The number of likely N-dealkylation sites (tertiary alicyclic amines) is 1. The highest BCUT2D eigenvalue weighted by atomic mass is 127. The quantitative estimate of drug-likeness (QED) is 0.321. The van der Waals surface area contributed by atoms with Gasteiger partial charge in [-0.15, -0.1) is 34.2 Å². The van der Waals surface area contributed by atoms with Crippen LogP contribution in [0.25, 0.3) is 0 Å². The number of hydrogen-bond donors (Lipinski definition) is 1. The molecule has 3 saturated heterocycles. The second kappa shape index (κ2) is 11.6. The Bertz CT molecular complexity index is 787. The van der Waals surface area contributed by atoms with E-state index in [-0.39, 0.29) is 42.0 Å². The van der Waals surface area contributed by atoms with E-state index < -0.39 is 0 Å². The number of nitrogens with zero attached hydrogens (tertiary/aromatic N) is 7. The number of piperazine rings is 1. The Kier molecular flexibility index (Phi) is 9.12. The SMILES string of the molecule is Cc1nnc(CN=C(NCC2CCCO2)N2CCN(C(=O)C3CCCN3C)CC2)n1C.I. The van der Waals surface area contributed by atoms with E-state index in [1.54, 1.807) is 0 Å². The third kappa shape index (κ3) is 5.90. The molecule has 4 heterocycles. The molecule has 3 aliphatic heterocycles. The normalized spacial score (nSPS) is 24.7. The summed E-state index contributed by atoms with van der Waals surface area (Å²) in [6.45, 7) is 8.03. The van der Waals surface area contributed by atoms with Crippen molar-refractivity contribution < 1.29 is 9.53 Å². The van der Waals surface area contributed by atoms with Gasteiger partial charge >= 0.3 is 0 Å². The number of halogens is 1. The minimum atomic E-state index is 0. The summed E-state index contributed by atoms with van der Waals surface area (Å²) in [5.74, 6) is 2.86. The molecule has 4 rings (SSSR count). The molecule has 2 unspecified atom stereocenters. The van der Waals surface area contributed by atoms with Crippen LogP contribution in [-0.4, -0.2) is 106 Å². The highest BCUT2D eigenvalue weighted by molar-refractivity contribution is 14.0. The molecule has 0 spiro atoms. The molecule has 2 atom stereocenters. The van der Waals surface area contributed by atoms with Crippen LogP contribution in [0.5, 0.6) is 0 Å². The highest BCUT2D eigenvalue weighted by Crippen LogP contribution is 2.18. The van der Waals surface area contributed by atoms with Crippen LogP contribution in [0.3, 0.4) is 0 Å². The highest BCUT2D eigenvalue weighted by Gasteiger charge is 2.33. The molecule has 3 fully saturated rings. The molecule has 1 N–H and O–H groups in total. The first-order valence-electron chi connectivity index (χ1n) is 11.5. The summed E-state index contributed by atoms with van der Waals surface area (Å²) in [5.41, 5.74) is 0. The molecule has 11 heteroatoms. The number of carbonyl (C=O) groups is 1. The number of aliphatic imine (C=N–C) groups is 1. The lowest BCUT2D eigenvalue weighted by atomic mass is 10.1. The summed E-state index contributed by atoms with van der Waals surface area (Å²) in [5, 5.41) is 11.9. The first-order valence-corrected chi connectivity index (χ1v) is 11.5. The van der Waals surface area contributed by atoms with Crippen LogP contribution in [0.15, 0.2) is 4.99 Å². The van der Waals surface area contributed by atoms with Crippen LogP contribution in [0.2, 0.25) is 0 Å². The van der Waals surface area contributed by atoms with Crippen LogP contribution in [-0.2, 0) is 23.1 Å². The molecule has 1 aromatic rings. The maximum absolute atomic E-state index is 12.9. The van der Waals surface area contributed by atoms with Gasteiger partial charge in [0.15, 0.2) is 11.8 Å². The van der Waals surface area contributed by atoms with Gasteiger partial charge in [0, 0.05) is 46.4 Å².